The minimum absolute atomic E-state index is 0.0456. The molecule has 27 heavy (non-hydrogen) atoms. The van der Waals surface area contributed by atoms with Crippen molar-refractivity contribution in [2.75, 3.05) is 10.6 Å². The average molecular weight is 367 g/mol. The molecule has 0 saturated carbocycles. The summed E-state index contributed by atoms with van der Waals surface area (Å²) in [6, 6.07) is 12.6. The van der Waals surface area contributed by atoms with E-state index in [0.29, 0.717) is 34.3 Å². The number of anilines is 2. The summed E-state index contributed by atoms with van der Waals surface area (Å²) in [6.45, 7) is 3.15. The van der Waals surface area contributed by atoms with Crippen molar-refractivity contribution in [3.8, 4) is 11.5 Å². The highest BCUT2D eigenvalue weighted by Gasteiger charge is 2.15. The van der Waals surface area contributed by atoms with Gasteiger partial charge in [0.05, 0.1) is 12.1 Å². The predicted octanol–water partition coefficient (Wildman–Crippen LogP) is 3.93. The standard InChI is InChI=1S/C20H18FN3O3/c1-12-18(24-20(27-12)14-3-5-15(21)6-4-14)11-19(26)23-17-9-7-16(8-10-17)22-13(2)25/h3-10H,11H2,1-2H3,(H,22,25)(H,23,26). The van der Waals surface area contributed by atoms with Crippen molar-refractivity contribution in [2.24, 2.45) is 0 Å². The number of nitrogens with one attached hydrogen (secondary N) is 2. The number of carbonyl (C=O) groups excluding carboxylic acids is 2. The molecule has 0 fully saturated rings. The van der Waals surface area contributed by atoms with Crippen LogP contribution in [0.3, 0.4) is 0 Å². The van der Waals surface area contributed by atoms with Gasteiger partial charge in [-0.05, 0) is 55.5 Å². The first kappa shape index (κ1) is 18.3. The number of hydrogen-bond acceptors (Lipinski definition) is 4. The monoisotopic (exact) mass is 367 g/mol. The third-order valence-electron chi connectivity index (χ3n) is 3.80. The van der Waals surface area contributed by atoms with Crippen LogP contribution < -0.4 is 10.6 Å². The molecule has 2 amide bonds. The normalized spacial score (nSPS) is 10.5. The molecule has 0 aliphatic heterocycles. The fraction of sp³-hybridized carbons (Fsp3) is 0.150. The van der Waals surface area contributed by atoms with E-state index in [0.717, 1.165) is 0 Å². The molecule has 0 atom stereocenters. The van der Waals surface area contributed by atoms with E-state index < -0.39 is 0 Å². The Kier molecular flexibility index (Phi) is 5.30. The summed E-state index contributed by atoms with van der Waals surface area (Å²) in [6.07, 6.45) is 0.0456. The summed E-state index contributed by atoms with van der Waals surface area (Å²) < 4.78 is 18.6. The van der Waals surface area contributed by atoms with E-state index in [9.17, 15) is 14.0 Å². The molecule has 0 aliphatic rings. The van der Waals surface area contributed by atoms with E-state index in [4.69, 9.17) is 4.42 Å². The van der Waals surface area contributed by atoms with Gasteiger partial charge in [0.2, 0.25) is 17.7 Å². The third-order valence-corrected chi connectivity index (χ3v) is 3.80. The van der Waals surface area contributed by atoms with E-state index in [2.05, 4.69) is 15.6 Å². The van der Waals surface area contributed by atoms with E-state index >= 15 is 0 Å². The molecule has 7 heteroatoms. The van der Waals surface area contributed by atoms with Gasteiger partial charge in [-0.2, -0.15) is 0 Å². The zero-order chi connectivity index (χ0) is 19.4. The van der Waals surface area contributed by atoms with Crippen LogP contribution in [0.15, 0.2) is 52.9 Å². The van der Waals surface area contributed by atoms with Crippen LogP contribution in [0, 0.1) is 12.7 Å². The van der Waals surface area contributed by atoms with Gasteiger partial charge in [0, 0.05) is 23.9 Å². The summed E-state index contributed by atoms with van der Waals surface area (Å²) in [4.78, 5) is 27.6. The van der Waals surface area contributed by atoms with Crippen LogP contribution >= 0.6 is 0 Å². The summed E-state index contributed by atoms with van der Waals surface area (Å²) in [5.41, 5.74) is 2.41. The van der Waals surface area contributed by atoms with Crippen molar-refractivity contribution in [1.82, 2.24) is 4.98 Å². The summed E-state index contributed by atoms with van der Waals surface area (Å²) in [7, 11) is 0. The summed E-state index contributed by atoms with van der Waals surface area (Å²) in [5.74, 6) is 0.126. The molecule has 2 N–H and O–H groups in total. The number of hydrogen-bond donors (Lipinski definition) is 2. The molecular weight excluding hydrogens is 349 g/mol. The van der Waals surface area contributed by atoms with Crippen molar-refractivity contribution in [3.63, 3.8) is 0 Å². The van der Waals surface area contributed by atoms with Crippen LogP contribution in [0.5, 0.6) is 0 Å². The molecule has 0 saturated heterocycles. The van der Waals surface area contributed by atoms with Gasteiger partial charge in [-0.15, -0.1) is 0 Å². The molecule has 0 spiro atoms. The Bertz CT molecular complexity index is 963. The predicted molar refractivity (Wildman–Crippen MR) is 99.7 cm³/mol. The van der Waals surface area contributed by atoms with Crippen LogP contribution in [0.1, 0.15) is 18.4 Å². The number of rotatable bonds is 5. The van der Waals surface area contributed by atoms with Gasteiger partial charge in [0.1, 0.15) is 11.6 Å². The minimum Gasteiger partial charge on any atom is -0.441 e. The largest absolute Gasteiger partial charge is 0.441 e. The Morgan fingerprint density at radius 3 is 2.19 bits per heavy atom. The first-order chi connectivity index (χ1) is 12.9. The molecule has 1 aromatic heterocycles. The van der Waals surface area contributed by atoms with E-state index in [1.807, 2.05) is 0 Å². The number of aromatic nitrogens is 1. The highest BCUT2D eigenvalue weighted by atomic mass is 19.1. The third kappa shape index (κ3) is 4.78. The van der Waals surface area contributed by atoms with Crippen LogP contribution in [0.2, 0.25) is 0 Å². The van der Waals surface area contributed by atoms with Gasteiger partial charge in [-0.1, -0.05) is 0 Å². The van der Waals surface area contributed by atoms with Crippen molar-refractivity contribution in [3.05, 3.63) is 65.8 Å². The zero-order valence-electron chi connectivity index (χ0n) is 14.9. The molecular formula is C20H18FN3O3. The number of oxazole rings is 1. The lowest BCUT2D eigenvalue weighted by Crippen LogP contribution is -2.15. The Labute approximate surface area is 155 Å². The molecule has 0 bridgehead atoms. The molecule has 0 unspecified atom stereocenters. The van der Waals surface area contributed by atoms with E-state index in [1.165, 1.54) is 19.1 Å². The lowest BCUT2D eigenvalue weighted by atomic mass is 10.2. The number of amides is 2. The average Bonchev–Trinajstić information content (AvgIpc) is 2.97. The molecule has 0 aliphatic carbocycles. The number of nitrogens with zero attached hydrogens (tertiary/aromatic N) is 1. The number of halogens is 1. The van der Waals surface area contributed by atoms with Gasteiger partial charge < -0.3 is 15.1 Å². The van der Waals surface area contributed by atoms with Crippen LogP contribution in [0.25, 0.3) is 11.5 Å². The quantitative estimate of drug-likeness (QED) is 0.716. The first-order valence-corrected chi connectivity index (χ1v) is 8.30. The van der Waals surface area contributed by atoms with Crippen molar-refractivity contribution < 1.29 is 18.4 Å². The maximum atomic E-state index is 13.0. The molecule has 1 heterocycles. The number of aryl methyl sites for hydroxylation is 1. The maximum Gasteiger partial charge on any atom is 0.230 e. The molecule has 3 aromatic rings. The van der Waals surface area contributed by atoms with Crippen molar-refractivity contribution >= 4 is 23.2 Å². The maximum absolute atomic E-state index is 13.0. The SMILES string of the molecule is CC(=O)Nc1ccc(NC(=O)Cc2nc(-c3ccc(F)cc3)oc2C)cc1. The highest BCUT2D eigenvalue weighted by molar-refractivity contribution is 5.93. The smallest absolute Gasteiger partial charge is 0.230 e. The second-order valence-electron chi connectivity index (χ2n) is 6.01. The van der Waals surface area contributed by atoms with Crippen LogP contribution in [-0.2, 0) is 16.0 Å². The van der Waals surface area contributed by atoms with Gasteiger partial charge in [0.15, 0.2) is 0 Å². The van der Waals surface area contributed by atoms with Crippen molar-refractivity contribution in [1.29, 1.82) is 0 Å². The molecule has 0 radical (unpaired) electrons. The fourth-order valence-corrected chi connectivity index (χ4v) is 2.51. The van der Waals surface area contributed by atoms with E-state index in [1.54, 1.807) is 43.3 Å². The van der Waals surface area contributed by atoms with Gasteiger partial charge in [-0.25, -0.2) is 9.37 Å². The van der Waals surface area contributed by atoms with Gasteiger partial charge in [-0.3, -0.25) is 9.59 Å². The van der Waals surface area contributed by atoms with Gasteiger partial charge >= 0.3 is 0 Å². The Morgan fingerprint density at radius 1 is 1.00 bits per heavy atom. The summed E-state index contributed by atoms with van der Waals surface area (Å²) >= 11 is 0. The highest BCUT2D eigenvalue weighted by Crippen LogP contribution is 2.22. The topological polar surface area (TPSA) is 84.2 Å². The lowest BCUT2D eigenvalue weighted by molar-refractivity contribution is -0.116. The van der Waals surface area contributed by atoms with Crippen LogP contribution in [0.4, 0.5) is 15.8 Å². The minimum atomic E-state index is -0.342. The van der Waals surface area contributed by atoms with Gasteiger partial charge in [0.25, 0.3) is 0 Å². The molecule has 2 aromatic carbocycles. The summed E-state index contributed by atoms with van der Waals surface area (Å²) in [5, 5.41) is 5.43. The zero-order valence-corrected chi connectivity index (χ0v) is 14.9. The Balaban J connectivity index is 1.65. The van der Waals surface area contributed by atoms with Crippen molar-refractivity contribution in [2.45, 2.75) is 20.3 Å². The number of benzene rings is 2. The molecule has 6 nitrogen and oxygen atoms in total. The second-order valence-corrected chi connectivity index (χ2v) is 6.01. The fourth-order valence-electron chi connectivity index (χ4n) is 2.51. The first-order valence-electron chi connectivity index (χ1n) is 8.30. The molecule has 138 valence electrons. The Morgan fingerprint density at radius 2 is 1.59 bits per heavy atom. The van der Waals surface area contributed by atoms with Crippen LogP contribution in [-0.4, -0.2) is 16.8 Å². The number of carbonyl (C=O) groups is 2. The second kappa shape index (κ2) is 7.82. The lowest BCUT2D eigenvalue weighted by Gasteiger charge is -2.06. The van der Waals surface area contributed by atoms with E-state index in [-0.39, 0.29) is 24.1 Å². The molecule has 3 rings (SSSR count). The Hall–Kier alpha value is -3.48.